The molecule has 1 aromatic heterocycles. The maximum atomic E-state index is 11.6. The third-order valence-corrected chi connectivity index (χ3v) is 2.49. The summed E-state index contributed by atoms with van der Waals surface area (Å²) >= 11 is 0. The van der Waals surface area contributed by atoms with Crippen molar-refractivity contribution in [3.63, 3.8) is 0 Å². The molecule has 0 aliphatic heterocycles. The summed E-state index contributed by atoms with van der Waals surface area (Å²) in [5.41, 5.74) is 1.12. The molecule has 0 saturated heterocycles. The average molecular weight is 194 g/mol. The molecule has 2 N–H and O–H groups in total. The third kappa shape index (κ3) is 2.91. The topological polar surface area (TPSA) is 44.9 Å². The van der Waals surface area contributed by atoms with Crippen LogP contribution in [0.1, 0.15) is 32.3 Å². The standard InChI is InChI=1S/C11H18N2O/c1-3-10(4-2)11(14)13-8-9-5-6-12-7-9/h5-7,10,12H,3-4,8H2,1-2H3,(H,13,14). The predicted molar refractivity (Wildman–Crippen MR) is 56.7 cm³/mol. The fourth-order valence-electron chi connectivity index (χ4n) is 1.46. The van der Waals surface area contributed by atoms with Crippen molar-refractivity contribution >= 4 is 5.91 Å². The van der Waals surface area contributed by atoms with Crippen LogP contribution in [0.15, 0.2) is 18.5 Å². The summed E-state index contributed by atoms with van der Waals surface area (Å²) in [6.45, 7) is 4.72. The van der Waals surface area contributed by atoms with Gasteiger partial charge in [0.1, 0.15) is 0 Å². The van der Waals surface area contributed by atoms with Gasteiger partial charge in [-0.05, 0) is 24.5 Å². The second kappa shape index (κ2) is 5.47. The van der Waals surface area contributed by atoms with E-state index < -0.39 is 0 Å². The number of hydrogen-bond donors (Lipinski definition) is 2. The molecule has 0 aromatic carbocycles. The van der Waals surface area contributed by atoms with E-state index >= 15 is 0 Å². The fourth-order valence-corrected chi connectivity index (χ4v) is 1.46. The Balaban J connectivity index is 2.34. The number of hydrogen-bond acceptors (Lipinski definition) is 1. The maximum Gasteiger partial charge on any atom is 0.223 e. The van der Waals surface area contributed by atoms with Crippen LogP contribution in [-0.4, -0.2) is 10.9 Å². The first kappa shape index (κ1) is 10.8. The van der Waals surface area contributed by atoms with Crippen molar-refractivity contribution in [1.82, 2.24) is 10.3 Å². The number of aromatic amines is 1. The van der Waals surface area contributed by atoms with Gasteiger partial charge in [-0.2, -0.15) is 0 Å². The number of nitrogens with one attached hydrogen (secondary N) is 2. The smallest absolute Gasteiger partial charge is 0.223 e. The van der Waals surface area contributed by atoms with Crippen LogP contribution in [0.5, 0.6) is 0 Å². The Morgan fingerprint density at radius 2 is 2.21 bits per heavy atom. The van der Waals surface area contributed by atoms with Crippen LogP contribution < -0.4 is 5.32 Å². The number of carbonyl (C=O) groups is 1. The van der Waals surface area contributed by atoms with Crippen molar-refractivity contribution in [3.8, 4) is 0 Å². The van der Waals surface area contributed by atoms with Gasteiger partial charge in [0, 0.05) is 24.9 Å². The summed E-state index contributed by atoms with van der Waals surface area (Å²) in [5.74, 6) is 0.324. The second-order valence-corrected chi connectivity index (χ2v) is 3.45. The Bertz CT molecular complexity index is 263. The molecule has 0 bridgehead atoms. The molecule has 3 heteroatoms. The van der Waals surface area contributed by atoms with Crippen LogP contribution in [-0.2, 0) is 11.3 Å². The minimum atomic E-state index is 0.161. The highest BCUT2D eigenvalue weighted by molar-refractivity contribution is 5.78. The van der Waals surface area contributed by atoms with E-state index in [-0.39, 0.29) is 11.8 Å². The van der Waals surface area contributed by atoms with Crippen molar-refractivity contribution in [3.05, 3.63) is 24.0 Å². The van der Waals surface area contributed by atoms with Crippen molar-refractivity contribution < 1.29 is 4.79 Å². The quantitative estimate of drug-likeness (QED) is 0.740. The lowest BCUT2D eigenvalue weighted by Gasteiger charge is -2.11. The first-order valence-electron chi connectivity index (χ1n) is 5.17. The van der Waals surface area contributed by atoms with E-state index in [1.165, 1.54) is 0 Å². The molecule has 14 heavy (non-hydrogen) atoms. The van der Waals surface area contributed by atoms with Crippen LogP contribution in [0.4, 0.5) is 0 Å². The Morgan fingerprint density at radius 1 is 1.50 bits per heavy atom. The Kier molecular flexibility index (Phi) is 4.23. The SMILES string of the molecule is CCC(CC)C(=O)NCc1cc[nH]c1. The highest BCUT2D eigenvalue weighted by Gasteiger charge is 2.12. The Morgan fingerprint density at radius 3 is 2.71 bits per heavy atom. The summed E-state index contributed by atoms with van der Waals surface area (Å²) in [6, 6.07) is 1.97. The highest BCUT2D eigenvalue weighted by Crippen LogP contribution is 2.07. The van der Waals surface area contributed by atoms with Gasteiger partial charge in [-0.1, -0.05) is 13.8 Å². The molecule has 0 saturated carbocycles. The summed E-state index contributed by atoms with van der Waals surface area (Å²) in [7, 11) is 0. The van der Waals surface area contributed by atoms with Gasteiger partial charge >= 0.3 is 0 Å². The van der Waals surface area contributed by atoms with E-state index in [2.05, 4.69) is 10.3 Å². The summed E-state index contributed by atoms with van der Waals surface area (Å²) in [4.78, 5) is 14.5. The van der Waals surface area contributed by atoms with Gasteiger partial charge in [-0.3, -0.25) is 4.79 Å². The van der Waals surface area contributed by atoms with Crippen LogP contribution in [0.2, 0.25) is 0 Å². The number of aromatic nitrogens is 1. The molecule has 1 heterocycles. The number of amides is 1. The minimum Gasteiger partial charge on any atom is -0.367 e. The molecule has 1 rings (SSSR count). The van der Waals surface area contributed by atoms with Crippen LogP contribution in [0, 0.1) is 5.92 Å². The van der Waals surface area contributed by atoms with Crippen LogP contribution in [0.25, 0.3) is 0 Å². The maximum absolute atomic E-state index is 11.6. The molecule has 0 spiro atoms. The van der Waals surface area contributed by atoms with E-state index in [1.54, 1.807) is 0 Å². The lowest BCUT2D eigenvalue weighted by molar-refractivity contribution is -0.125. The fraction of sp³-hybridized carbons (Fsp3) is 0.545. The molecule has 0 fully saturated rings. The van der Waals surface area contributed by atoms with Gasteiger partial charge in [0.2, 0.25) is 5.91 Å². The minimum absolute atomic E-state index is 0.161. The van der Waals surface area contributed by atoms with E-state index in [0.717, 1.165) is 18.4 Å². The normalized spacial score (nSPS) is 10.5. The summed E-state index contributed by atoms with van der Waals surface area (Å²) in [6.07, 6.45) is 5.58. The zero-order valence-corrected chi connectivity index (χ0v) is 8.84. The molecule has 1 amide bonds. The molecule has 0 radical (unpaired) electrons. The first-order chi connectivity index (χ1) is 6.77. The summed E-state index contributed by atoms with van der Waals surface area (Å²) < 4.78 is 0. The van der Waals surface area contributed by atoms with Crippen molar-refractivity contribution in [2.24, 2.45) is 5.92 Å². The van der Waals surface area contributed by atoms with E-state index in [0.29, 0.717) is 6.54 Å². The monoisotopic (exact) mass is 194 g/mol. The largest absolute Gasteiger partial charge is 0.367 e. The molecule has 0 atom stereocenters. The van der Waals surface area contributed by atoms with Crippen LogP contribution >= 0.6 is 0 Å². The lowest BCUT2D eigenvalue weighted by atomic mass is 10.0. The Labute approximate surface area is 84.9 Å². The predicted octanol–water partition coefficient (Wildman–Crippen LogP) is 2.07. The zero-order valence-electron chi connectivity index (χ0n) is 8.84. The molecular weight excluding hydrogens is 176 g/mol. The molecule has 0 aliphatic rings. The van der Waals surface area contributed by atoms with E-state index in [4.69, 9.17) is 0 Å². The van der Waals surface area contributed by atoms with Crippen molar-refractivity contribution in [1.29, 1.82) is 0 Å². The third-order valence-electron chi connectivity index (χ3n) is 2.49. The zero-order chi connectivity index (χ0) is 10.4. The van der Waals surface area contributed by atoms with Crippen molar-refractivity contribution in [2.75, 3.05) is 0 Å². The Hall–Kier alpha value is -1.25. The number of rotatable bonds is 5. The highest BCUT2D eigenvalue weighted by atomic mass is 16.1. The van der Waals surface area contributed by atoms with Gasteiger partial charge in [-0.25, -0.2) is 0 Å². The average Bonchev–Trinajstić information content (AvgIpc) is 2.69. The second-order valence-electron chi connectivity index (χ2n) is 3.45. The molecular formula is C11H18N2O. The van der Waals surface area contributed by atoms with Crippen molar-refractivity contribution in [2.45, 2.75) is 33.2 Å². The summed E-state index contributed by atoms with van der Waals surface area (Å²) in [5, 5.41) is 2.93. The van der Waals surface area contributed by atoms with Gasteiger partial charge in [-0.15, -0.1) is 0 Å². The van der Waals surface area contributed by atoms with Gasteiger partial charge in [0.25, 0.3) is 0 Å². The van der Waals surface area contributed by atoms with Gasteiger partial charge in [0.15, 0.2) is 0 Å². The molecule has 3 nitrogen and oxygen atoms in total. The molecule has 78 valence electrons. The molecule has 1 aromatic rings. The molecule has 0 unspecified atom stereocenters. The van der Waals surface area contributed by atoms with Gasteiger partial charge < -0.3 is 10.3 Å². The number of H-pyrrole nitrogens is 1. The lowest BCUT2D eigenvalue weighted by Crippen LogP contribution is -2.29. The van der Waals surface area contributed by atoms with Gasteiger partial charge in [0.05, 0.1) is 0 Å². The first-order valence-corrected chi connectivity index (χ1v) is 5.17. The van der Waals surface area contributed by atoms with E-state index in [1.807, 2.05) is 32.3 Å². The van der Waals surface area contributed by atoms with Crippen LogP contribution in [0.3, 0.4) is 0 Å². The van der Waals surface area contributed by atoms with E-state index in [9.17, 15) is 4.79 Å². The number of carbonyl (C=O) groups excluding carboxylic acids is 1. The molecule has 0 aliphatic carbocycles.